The lowest BCUT2D eigenvalue weighted by Crippen LogP contribution is -2.32. The maximum atomic E-state index is 10.9. The van der Waals surface area contributed by atoms with Crippen molar-refractivity contribution in [1.29, 1.82) is 0 Å². The van der Waals surface area contributed by atoms with Gasteiger partial charge >= 0.3 is 0 Å². The summed E-state index contributed by atoms with van der Waals surface area (Å²) in [6.07, 6.45) is 3.33. The predicted octanol–water partition coefficient (Wildman–Crippen LogP) is -1.000. The van der Waals surface area contributed by atoms with E-state index in [2.05, 4.69) is 15.6 Å². The number of dihydropyridines is 1. The van der Waals surface area contributed by atoms with E-state index in [0.29, 0.717) is 6.67 Å². The summed E-state index contributed by atoms with van der Waals surface area (Å²) in [4.78, 5) is 14.6. The molecule has 52 valence electrons. The molecule has 0 bridgehead atoms. The van der Waals surface area contributed by atoms with E-state index in [4.69, 9.17) is 0 Å². The van der Waals surface area contributed by atoms with Crippen molar-refractivity contribution in [3.05, 3.63) is 11.8 Å². The number of allylic oxidation sites excluding steroid dienone is 1. The maximum Gasteiger partial charge on any atom is 0.268 e. The maximum absolute atomic E-state index is 10.9. The fraction of sp³-hybridized carbons (Fsp3) is 0.333. The zero-order valence-electron chi connectivity index (χ0n) is 5.29. The van der Waals surface area contributed by atoms with Crippen molar-refractivity contribution in [2.75, 3.05) is 6.67 Å². The number of aliphatic imine (C=N–C) groups is 1. The highest BCUT2D eigenvalue weighted by Crippen LogP contribution is 2.08. The van der Waals surface area contributed by atoms with Crippen molar-refractivity contribution in [1.82, 2.24) is 10.6 Å². The minimum atomic E-state index is -0.204. The molecule has 0 spiro atoms. The minimum absolute atomic E-state index is 0.109. The van der Waals surface area contributed by atoms with Crippen LogP contribution in [0.4, 0.5) is 0 Å². The lowest BCUT2D eigenvalue weighted by Gasteiger charge is -2.08. The molecule has 0 aromatic heterocycles. The number of carbonyl (C=O) groups excluding carboxylic acids is 1. The first-order valence-corrected chi connectivity index (χ1v) is 3.13. The summed E-state index contributed by atoms with van der Waals surface area (Å²) in [5.74, 6) is -0.109. The monoisotopic (exact) mass is 137 g/mol. The summed E-state index contributed by atoms with van der Waals surface area (Å²) < 4.78 is 0. The smallest absolute Gasteiger partial charge is 0.268 e. The van der Waals surface area contributed by atoms with E-state index in [0.717, 1.165) is 5.70 Å². The van der Waals surface area contributed by atoms with E-state index in [1.807, 2.05) is 6.08 Å². The fourth-order valence-corrected chi connectivity index (χ4v) is 1.11. The van der Waals surface area contributed by atoms with Crippen LogP contribution in [0.2, 0.25) is 0 Å². The zero-order chi connectivity index (χ0) is 6.97. The predicted molar refractivity (Wildman–Crippen MR) is 36.5 cm³/mol. The standard InChI is InChI=1S/C6H7N3O/c10-6-5-4(1-2-7-6)8-3-9-5/h1-2,5,8-9H,3H2. The molecule has 10 heavy (non-hydrogen) atoms. The third-order valence-electron chi connectivity index (χ3n) is 1.61. The van der Waals surface area contributed by atoms with Crippen LogP contribution in [0.5, 0.6) is 0 Å². The van der Waals surface area contributed by atoms with E-state index >= 15 is 0 Å². The molecule has 0 saturated carbocycles. The molecule has 1 amide bonds. The molecule has 0 aromatic carbocycles. The summed E-state index contributed by atoms with van der Waals surface area (Å²) in [5, 5.41) is 5.99. The fourth-order valence-electron chi connectivity index (χ4n) is 1.11. The molecule has 2 aliphatic rings. The second kappa shape index (κ2) is 1.91. The Labute approximate surface area is 58.0 Å². The Kier molecular flexibility index (Phi) is 1.07. The largest absolute Gasteiger partial charge is 0.374 e. The summed E-state index contributed by atoms with van der Waals surface area (Å²) in [5.41, 5.74) is 0.931. The molecule has 0 aromatic rings. The highest BCUT2D eigenvalue weighted by atomic mass is 16.1. The number of amides is 1. The Hall–Kier alpha value is -1.16. The van der Waals surface area contributed by atoms with Crippen LogP contribution in [0.1, 0.15) is 0 Å². The first-order chi connectivity index (χ1) is 4.88. The van der Waals surface area contributed by atoms with Crippen LogP contribution in [0.15, 0.2) is 16.8 Å². The molecule has 4 nitrogen and oxygen atoms in total. The lowest BCUT2D eigenvalue weighted by molar-refractivity contribution is -0.118. The quantitative estimate of drug-likeness (QED) is 0.450. The Morgan fingerprint density at radius 1 is 1.70 bits per heavy atom. The van der Waals surface area contributed by atoms with Crippen LogP contribution >= 0.6 is 0 Å². The number of hydrogen-bond donors (Lipinski definition) is 2. The second-order valence-corrected chi connectivity index (χ2v) is 2.23. The highest BCUT2D eigenvalue weighted by Gasteiger charge is 2.27. The van der Waals surface area contributed by atoms with E-state index in [1.54, 1.807) is 0 Å². The number of carbonyl (C=O) groups is 1. The summed E-state index contributed by atoms with van der Waals surface area (Å²) >= 11 is 0. The molecule has 2 rings (SSSR count). The van der Waals surface area contributed by atoms with E-state index < -0.39 is 0 Å². The van der Waals surface area contributed by atoms with Crippen molar-refractivity contribution < 1.29 is 4.79 Å². The number of rotatable bonds is 0. The molecule has 4 heteroatoms. The van der Waals surface area contributed by atoms with Crippen molar-refractivity contribution in [3.63, 3.8) is 0 Å². The molecule has 2 heterocycles. The van der Waals surface area contributed by atoms with Gasteiger partial charge in [0.2, 0.25) is 0 Å². The SMILES string of the molecule is O=C1N=CC=C2NCNC12. The van der Waals surface area contributed by atoms with Gasteiger partial charge in [0.25, 0.3) is 5.91 Å². The van der Waals surface area contributed by atoms with Gasteiger partial charge in [-0.15, -0.1) is 0 Å². The van der Waals surface area contributed by atoms with Crippen LogP contribution in [-0.2, 0) is 4.79 Å². The third kappa shape index (κ3) is 0.657. The number of nitrogens with zero attached hydrogens (tertiary/aromatic N) is 1. The average molecular weight is 137 g/mol. The van der Waals surface area contributed by atoms with E-state index in [1.165, 1.54) is 6.21 Å². The van der Waals surface area contributed by atoms with Gasteiger partial charge in [-0.25, -0.2) is 4.99 Å². The lowest BCUT2D eigenvalue weighted by atomic mass is 10.2. The first-order valence-electron chi connectivity index (χ1n) is 3.13. The van der Waals surface area contributed by atoms with Crippen LogP contribution in [0, 0.1) is 0 Å². The van der Waals surface area contributed by atoms with Crippen molar-refractivity contribution in [3.8, 4) is 0 Å². The molecule has 0 aliphatic carbocycles. The van der Waals surface area contributed by atoms with Crippen LogP contribution in [0.25, 0.3) is 0 Å². The third-order valence-corrected chi connectivity index (χ3v) is 1.61. The number of fused-ring (bicyclic) bond motifs is 1. The normalized spacial score (nSPS) is 29.4. The molecule has 1 atom stereocenters. The molecule has 2 aliphatic heterocycles. The second-order valence-electron chi connectivity index (χ2n) is 2.23. The Bertz CT molecular complexity index is 231. The molecule has 1 unspecified atom stereocenters. The average Bonchev–Trinajstić information content (AvgIpc) is 2.36. The van der Waals surface area contributed by atoms with Gasteiger partial charge in [-0.1, -0.05) is 0 Å². The molecule has 2 N–H and O–H groups in total. The van der Waals surface area contributed by atoms with Gasteiger partial charge in [-0.05, 0) is 6.08 Å². The van der Waals surface area contributed by atoms with Crippen LogP contribution < -0.4 is 10.6 Å². The van der Waals surface area contributed by atoms with Gasteiger partial charge in [0.15, 0.2) is 0 Å². The van der Waals surface area contributed by atoms with Crippen molar-refractivity contribution in [2.45, 2.75) is 6.04 Å². The summed E-state index contributed by atoms with van der Waals surface area (Å²) in [6, 6.07) is -0.204. The molecular weight excluding hydrogens is 130 g/mol. The number of hydrogen-bond acceptors (Lipinski definition) is 3. The van der Waals surface area contributed by atoms with Crippen LogP contribution in [0.3, 0.4) is 0 Å². The Morgan fingerprint density at radius 2 is 2.60 bits per heavy atom. The Morgan fingerprint density at radius 3 is 3.40 bits per heavy atom. The van der Waals surface area contributed by atoms with E-state index in [-0.39, 0.29) is 11.9 Å². The van der Waals surface area contributed by atoms with Gasteiger partial charge in [0.05, 0.1) is 6.67 Å². The van der Waals surface area contributed by atoms with Gasteiger partial charge in [-0.3, -0.25) is 10.1 Å². The zero-order valence-corrected chi connectivity index (χ0v) is 5.29. The molecule has 1 fully saturated rings. The van der Waals surface area contributed by atoms with Gasteiger partial charge in [-0.2, -0.15) is 0 Å². The molecule has 0 radical (unpaired) electrons. The molecule has 1 saturated heterocycles. The first kappa shape index (κ1) is 5.61. The molecular formula is C6H7N3O. The van der Waals surface area contributed by atoms with E-state index in [9.17, 15) is 4.79 Å². The summed E-state index contributed by atoms with van der Waals surface area (Å²) in [6.45, 7) is 0.658. The van der Waals surface area contributed by atoms with Gasteiger partial charge in [0, 0.05) is 11.9 Å². The Balaban J connectivity index is 2.33. The topological polar surface area (TPSA) is 53.5 Å². The van der Waals surface area contributed by atoms with Gasteiger partial charge < -0.3 is 5.32 Å². The van der Waals surface area contributed by atoms with Crippen molar-refractivity contribution in [2.24, 2.45) is 4.99 Å². The van der Waals surface area contributed by atoms with Crippen molar-refractivity contribution >= 4 is 12.1 Å². The highest BCUT2D eigenvalue weighted by molar-refractivity contribution is 5.98. The minimum Gasteiger partial charge on any atom is -0.374 e. The van der Waals surface area contributed by atoms with Gasteiger partial charge in [0.1, 0.15) is 6.04 Å². The van der Waals surface area contributed by atoms with Crippen LogP contribution in [-0.4, -0.2) is 24.8 Å². The number of nitrogens with one attached hydrogen (secondary N) is 2. The summed E-state index contributed by atoms with van der Waals surface area (Å²) in [7, 11) is 0.